The maximum Gasteiger partial charge on any atom is 0.225 e. The molecule has 31 heavy (non-hydrogen) atoms. The fraction of sp³-hybridized carbons (Fsp3) is 0.333. The summed E-state index contributed by atoms with van der Waals surface area (Å²) < 4.78 is 26.8. The van der Waals surface area contributed by atoms with Crippen molar-refractivity contribution < 1.29 is 8.78 Å². The van der Waals surface area contributed by atoms with Gasteiger partial charge in [-0.3, -0.25) is 0 Å². The third-order valence-electron chi connectivity index (χ3n) is 5.46. The molecule has 1 saturated heterocycles. The van der Waals surface area contributed by atoms with E-state index in [-0.39, 0.29) is 16.9 Å². The normalized spacial score (nSPS) is 15.3. The minimum Gasteiger partial charge on any atom is -0.339 e. The van der Waals surface area contributed by atoms with Crippen molar-refractivity contribution in [2.24, 2.45) is 0 Å². The van der Waals surface area contributed by atoms with Crippen LogP contribution in [0, 0.1) is 11.6 Å². The third kappa shape index (κ3) is 6.02. The maximum absolute atomic E-state index is 13.4. The van der Waals surface area contributed by atoms with Crippen LogP contribution in [0.4, 0.5) is 14.7 Å². The Balaban J connectivity index is 1.36. The fourth-order valence-corrected chi connectivity index (χ4v) is 5.11. The zero-order valence-electron chi connectivity index (χ0n) is 17.3. The highest BCUT2D eigenvalue weighted by Crippen LogP contribution is 2.35. The molecule has 2 aromatic carbocycles. The molecule has 2 heterocycles. The summed E-state index contributed by atoms with van der Waals surface area (Å²) >= 11 is 1.81. The molecule has 1 aromatic heterocycles. The zero-order chi connectivity index (χ0) is 21.5. The van der Waals surface area contributed by atoms with Crippen LogP contribution < -0.4 is 4.90 Å². The Morgan fingerprint density at radius 3 is 2.03 bits per heavy atom. The molecule has 0 radical (unpaired) electrons. The van der Waals surface area contributed by atoms with Gasteiger partial charge in [0.05, 0.1) is 5.25 Å². The Bertz CT molecular complexity index is 893. The van der Waals surface area contributed by atoms with Gasteiger partial charge in [-0.15, -0.1) is 11.8 Å². The van der Waals surface area contributed by atoms with E-state index in [9.17, 15) is 8.78 Å². The first kappa shape index (κ1) is 21.7. The summed E-state index contributed by atoms with van der Waals surface area (Å²) in [5.41, 5.74) is 2.06. The molecular weight excluding hydrogens is 414 g/mol. The third-order valence-corrected chi connectivity index (χ3v) is 6.76. The van der Waals surface area contributed by atoms with E-state index in [4.69, 9.17) is 0 Å². The molecule has 162 valence electrons. The molecule has 1 fully saturated rings. The highest BCUT2D eigenvalue weighted by Gasteiger charge is 2.19. The SMILES string of the molecule is Fc1ccc(C(SCCN2CCCN(c3ncccn3)CC2)c2ccc(F)cc2)cc1. The molecule has 0 spiro atoms. The molecule has 0 atom stereocenters. The van der Waals surface area contributed by atoms with Gasteiger partial charge in [-0.05, 0) is 54.4 Å². The minimum atomic E-state index is -0.247. The summed E-state index contributed by atoms with van der Waals surface area (Å²) in [6.45, 7) is 4.85. The predicted octanol–water partition coefficient (Wildman–Crippen LogP) is 4.79. The van der Waals surface area contributed by atoms with Gasteiger partial charge in [0.15, 0.2) is 0 Å². The molecule has 0 N–H and O–H groups in total. The van der Waals surface area contributed by atoms with Crippen molar-refractivity contribution in [3.05, 3.63) is 89.8 Å². The largest absolute Gasteiger partial charge is 0.339 e. The lowest BCUT2D eigenvalue weighted by atomic mass is 10.0. The number of halogens is 2. The van der Waals surface area contributed by atoms with Crippen LogP contribution in [-0.4, -0.2) is 53.3 Å². The average Bonchev–Trinajstić information content (AvgIpc) is 3.05. The highest BCUT2D eigenvalue weighted by molar-refractivity contribution is 7.99. The zero-order valence-corrected chi connectivity index (χ0v) is 18.1. The van der Waals surface area contributed by atoms with Crippen LogP contribution in [0.3, 0.4) is 0 Å². The van der Waals surface area contributed by atoms with Gasteiger partial charge in [0.1, 0.15) is 11.6 Å². The van der Waals surface area contributed by atoms with E-state index >= 15 is 0 Å². The minimum absolute atomic E-state index is 0.0439. The number of aromatic nitrogens is 2. The van der Waals surface area contributed by atoms with Crippen molar-refractivity contribution in [1.29, 1.82) is 0 Å². The molecule has 0 unspecified atom stereocenters. The first-order chi connectivity index (χ1) is 15.2. The van der Waals surface area contributed by atoms with Crippen molar-refractivity contribution in [1.82, 2.24) is 14.9 Å². The molecule has 0 amide bonds. The summed E-state index contributed by atoms with van der Waals surface area (Å²) in [5, 5.41) is 0.0439. The fourth-order valence-electron chi connectivity index (χ4n) is 3.81. The van der Waals surface area contributed by atoms with E-state index in [0.29, 0.717) is 0 Å². The summed E-state index contributed by atoms with van der Waals surface area (Å²) in [5.74, 6) is 1.24. The summed E-state index contributed by atoms with van der Waals surface area (Å²) in [4.78, 5) is 13.5. The van der Waals surface area contributed by atoms with Gasteiger partial charge in [-0.2, -0.15) is 0 Å². The van der Waals surface area contributed by atoms with Gasteiger partial charge < -0.3 is 9.80 Å². The maximum atomic E-state index is 13.4. The van der Waals surface area contributed by atoms with Crippen molar-refractivity contribution in [3.8, 4) is 0 Å². The number of hydrogen-bond donors (Lipinski definition) is 0. The first-order valence-electron chi connectivity index (χ1n) is 10.6. The lowest BCUT2D eigenvalue weighted by molar-refractivity contribution is 0.312. The Labute approximate surface area is 186 Å². The Morgan fingerprint density at radius 1 is 0.806 bits per heavy atom. The van der Waals surface area contributed by atoms with E-state index < -0.39 is 0 Å². The van der Waals surface area contributed by atoms with Gasteiger partial charge >= 0.3 is 0 Å². The lowest BCUT2D eigenvalue weighted by Gasteiger charge is -2.23. The topological polar surface area (TPSA) is 32.3 Å². The first-order valence-corrected chi connectivity index (χ1v) is 11.6. The van der Waals surface area contributed by atoms with Crippen molar-refractivity contribution >= 4 is 17.7 Å². The molecule has 0 bridgehead atoms. The molecule has 1 aliphatic heterocycles. The van der Waals surface area contributed by atoms with Crippen LogP contribution in [0.1, 0.15) is 22.8 Å². The van der Waals surface area contributed by atoms with E-state index in [0.717, 1.165) is 62.0 Å². The van der Waals surface area contributed by atoms with Crippen LogP contribution in [0.2, 0.25) is 0 Å². The molecule has 3 aromatic rings. The van der Waals surface area contributed by atoms with Crippen LogP contribution in [0.25, 0.3) is 0 Å². The monoisotopic (exact) mass is 440 g/mol. The number of hydrogen-bond acceptors (Lipinski definition) is 5. The van der Waals surface area contributed by atoms with Gasteiger partial charge in [-0.25, -0.2) is 18.7 Å². The van der Waals surface area contributed by atoms with E-state index in [1.165, 1.54) is 24.3 Å². The molecule has 1 aliphatic rings. The Hall–Kier alpha value is -2.51. The quantitative estimate of drug-likeness (QED) is 0.528. The van der Waals surface area contributed by atoms with E-state index in [2.05, 4.69) is 19.8 Å². The van der Waals surface area contributed by atoms with Crippen LogP contribution in [-0.2, 0) is 0 Å². The molecule has 0 saturated carbocycles. The Morgan fingerprint density at radius 2 is 1.42 bits per heavy atom. The predicted molar refractivity (Wildman–Crippen MR) is 122 cm³/mol. The number of anilines is 1. The number of thioether (sulfide) groups is 1. The summed E-state index contributed by atoms with van der Waals surface area (Å²) in [7, 11) is 0. The van der Waals surface area contributed by atoms with E-state index in [1.807, 2.05) is 42.1 Å². The lowest BCUT2D eigenvalue weighted by Crippen LogP contribution is -2.32. The van der Waals surface area contributed by atoms with Gasteiger partial charge in [0, 0.05) is 44.3 Å². The smallest absolute Gasteiger partial charge is 0.225 e. The second-order valence-corrected chi connectivity index (χ2v) is 8.80. The van der Waals surface area contributed by atoms with Crippen LogP contribution in [0.5, 0.6) is 0 Å². The number of benzene rings is 2. The second kappa shape index (κ2) is 10.7. The van der Waals surface area contributed by atoms with Crippen molar-refractivity contribution in [2.45, 2.75) is 11.7 Å². The standard InChI is InChI=1S/C24H26F2N4S/c25-21-7-3-19(4-8-21)23(20-5-9-22(26)10-6-20)31-18-17-29-13-2-14-30(16-15-29)24-27-11-1-12-28-24/h1,3-12,23H,2,13-18H2. The average molecular weight is 441 g/mol. The Kier molecular flexibility index (Phi) is 7.48. The van der Waals surface area contributed by atoms with Crippen LogP contribution >= 0.6 is 11.8 Å². The highest BCUT2D eigenvalue weighted by atomic mass is 32.2. The number of rotatable bonds is 7. The summed E-state index contributed by atoms with van der Waals surface area (Å²) in [6, 6.07) is 15.1. The second-order valence-electron chi connectivity index (χ2n) is 7.58. The van der Waals surface area contributed by atoms with Crippen molar-refractivity contribution in [3.63, 3.8) is 0 Å². The molecule has 0 aliphatic carbocycles. The van der Waals surface area contributed by atoms with Crippen molar-refractivity contribution in [2.75, 3.05) is 43.4 Å². The van der Waals surface area contributed by atoms with Gasteiger partial charge in [0.25, 0.3) is 0 Å². The molecule has 4 nitrogen and oxygen atoms in total. The van der Waals surface area contributed by atoms with Crippen LogP contribution in [0.15, 0.2) is 67.0 Å². The summed E-state index contributed by atoms with van der Waals surface area (Å²) in [6.07, 6.45) is 4.64. The number of nitrogens with zero attached hydrogens (tertiary/aromatic N) is 4. The van der Waals surface area contributed by atoms with E-state index in [1.54, 1.807) is 12.4 Å². The molecule has 4 rings (SSSR count). The molecular formula is C24H26F2N4S. The van der Waals surface area contributed by atoms with Gasteiger partial charge in [0.2, 0.25) is 5.95 Å². The molecule has 7 heteroatoms. The van der Waals surface area contributed by atoms with Gasteiger partial charge in [-0.1, -0.05) is 24.3 Å².